The third kappa shape index (κ3) is 2.81. The first kappa shape index (κ1) is 9.04. The van der Waals surface area contributed by atoms with Gasteiger partial charge in [0, 0.05) is 17.2 Å². The molecule has 0 aliphatic carbocycles. The van der Waals surface area contributed by atoms with E-state index in [9.17, 15) is 5.11 Å². The zero-order valence-corrected chi connectivity index (χ0v) is 7.95. The molecule has 0 saturated carbocycles. The number of rotatable bonds is 3. The van der Waals surface area contributed by atoms with Crippen molar-refractivity contribution in [3.05, 3.63) is 21.9 Å². The third-order valence-corrected chi connectivity index (χ3v) is 2.70. The minimum absolute atomic E-state index is 0.314. The summed E-state index contributed by atoms with van der Waals surface area (Å²) in [5, 5.41) is 11.3. The second-order valence-corrected chi connectivity index (χ2v) is 4.00. The molecule has 0 radical (unpaired) electrons. The lowest BCUT2D eigenvalue weighted by Crippen LogP contribution is -2.10. The summed E-state index contributed by atoms with van der Waals surface area (Å²) >= 11 is 7.16. The summed E-state index contributed by atoms with van der Waals surface area (Å²) in [4.78, 5) is 1.28. The molecular weight excluding hydrogens is 180 g/mol. The molecule has 1 N–H and O–H groups in total. The Morgan fingerprint density at radius 2 is 2.45 bits per heavy atom. The van der Waals surface area contributed by atoms with Crippen LogP contribution >= 0.6 is 22.9 Å². The highest BCUT2D eigenvalue weighted by molar-refractivity contribution is 7.10. The predicted octanol–water partition coefficient (Wildman–Crippen LogP) is 2.20. The molecule has 0 amide bonds. The molecule has 1 heterocycles. The van der Waals surface area contributed by atoms with E-state index in [1.165, 1.54) is 10.4 Å². The second kappa shape index (κ2) is 4.10. The van der Waals surface area contributed by atoms with Gasteiger partial charge in [0.05, 0.1) is 6.10 Å². The highest BCUT2D eigenvalue weighted by atomic mass is 35.5. The van der Waals surface area contributed by atoms with Gasteiger partial charge in [-0.05, 0) is 23.9 Å². The van der Waals surface area contributed by atoms with Gasteiger partial charge in [-0.3, -0.25) is 0 Å². The molecule has 3 heteroatoms. The van der Waals surface area contributed by atoms with Crippen molar-refractivity contribution in [2.45, 2.75) is 19.4 Å². The number of aryl methyl sites for hydroxylation is 1. The Bertz CT molecular complexity index is 222. The van der Waals surface area contributed by atoms with Crippen molar-refractivity contribution in [2.75, 3.05) is 5.88 Å². The van der Waals surface area contributed by atoms with Crippen LogP contribution in [0.3, 0.4) is 0 Å². The SMILES string of the molecule is Cc1cc(CC(O)CCl)cs1. The molecule has 1 unspecified atom stereocenters. The fourth-order valence-corrected chi connectivity index (χ4v) is 1.76. The Hall–Kier alpha value is -0.0500. The van der Waals surface area contributed by atoms with Gasteiger partial charge in [0.15, 0.2) is 0 Å². The largest absolute Gasteiger partial charge is 0.392 e. The molecule has 0 fully saturated rings. The van der Waals surface area contributed by atoms with Crippen LogP contribution in [-0.2, 0) is 6.42 Å². The zero-order chi connectivity index (χ0) is 8.27. The van der Waals surface area contributed by atoms with E-state index in [-0.39, 0.29) is 0 Å². The highest BCUT2D eigenvalue weighted by Gasteiger charge is 2.04. The molecule has 0 spiro atoms. The molecule has 0 saturated heterocycles. The van der Waals surface area contributed by atoms with Crippen LogP contribution in [-0.4, -0.2) is 17.1 Å². The highest BCUT2D eigenvalue weighted by Crippen LogP contribution is 2.14. The van der Waals surface area contributed by atoms with Crippen LogP contribution in [0.15, 0.2) is 11.4 Å². The fraction of sp³-hybridized carbons (Fsp3) is 0.500. The Kier molecular flexibility index (Phi) is 3.37. The van der Waals surface area contributed by atoms with Crippen LogP contribution in [0.25, 0.3) is 0 Å². The normalized spacial score (nSPS) is 13.4. The molecule has 0 aliphatic heterocycles. The molecule has 0 bridgehead atoms. The average Bonchev–Trinajstić information content (AvgIpc) is 2.35. The van der Waals surface area contributed by atoms with E-state index in [0.717, 1.165) is 0 Å². The molecule has 1 rings (SSSR count). The third-order valence-electron chi connectivity index (χ3n) is 1.43. The van der Waals surface area contributed by atoms with Gasteiger partial charge in [0.1, 0.15) is 0 Å². The summed E-state index contributed by atoms with van der Waals surface area (Å²) in [6.45, 7) is 2.06. The lowest BCUT2D eigenvalue weighted by atomic mass is 10.2. The van der Waals surface area contributed by atoms with Gasteiger partial charge in [0.25, 0.3) is 0 Å². The van der Waals surface area contributed by atoms with E-state index in [4.69, 9.17) is 11.6 Å². The van der Waals surface area contributed by atoms with Gasteiger partial charge in [-0.2, -0.15) is 0 Å². The van der Waals surface area contributed by atoms with Crippen LogP contribution in [0.2, 0.25) is 0 Å². The van der Waals surface area contributed by atoms with Crippen LogP contribution < -0.4 is 0 Å². The van der Waals surface area contributed by atoms with E-state index in [2.05, 4.69) is 18.4 Å². The summed E-state index contributed by atoms with van der Waals surface area (Å²) in [5.74, 6) is 0.314. The van der Waals surface area contributed by atoms with E-state index in [1.807, 2.05) is 0 Å². The molecule has 1 nitrogen and oxygen atoms in total. The molecule has 11 heavy (non-hydrogen) atoms. The fourth-order valence-electron chi connectivity index (χ4n) is 0.931. The smallest absolute Gasteiger partial charge is 0.0716 e. The zero-order valence-electron chi connectivity index (χ0n) is 6.38. The number of thiophene rings is 1. The lowest BCUT2D eigenvalue weighted by Gasteiger charge is -2.02. The van der Waals surface area contributed by atoms with Gasteiger partial charge in [-0.1, -0.05) is 0 Å². The maximum absolute atomic E-state index is 9.19. The topological polar surface area (TPSA) is 20.2 Å². The molecule has 0 aliphatic rings. The van der Waals surface area contributed by atoms with Crippen molar-refractivity contribution >= 4 is 22.9 Å². The maximum Gasteiger partial charge on any atom is 0.0716 e. The molecule has 1 aromatic heterocycles. The van der Waals surface area contributed by atoms with Gasteiger partial charge in [0.2, 0.25) is 0 Å². The molecule has 1 atom stereocenters. The number of hydrogen-bond acceptors (Lipinski definition) is 2. The quantitative estimate of drug-likeness (QED) is 0.725. The summed E-state index contributed by atoms with van der Waals surface area (Å²) in [6.07, 6.45) is 0.277. The average molecular weight is 191 g/mol. The van der Waals surface area contributed by atoms with Gasteiger partial charge < -0.3 is 5.11 Å². The Morgan fingerprint density at radius 3 is 2.91 bits per heavy atom. The number of aliphatic hydroxyl groups excluding tert-OH is 1. The van der Waals surface area contributed by atoms with E-state index < -0.39 is 6.10 Å². The first-order chi connectivity index (χ1) is 5.22. The number of aliphatic hydroxyl groups is 1. The minimum atomic E-state index is -0.398. The van der Waals surface area contributed by atoms with Crippen molar-refractivity contribution in [1.29, 1.82) is 0 Å². The van der Waals surface area contributed by atoms with Crippen LogP contribution in [0.4, 0.5) is 0 Å². The summed E-state index contributed by atoms with van der Waals surface area (Å²) in [5.41, 5.74) is 1.18. The molecule has 1 aromatic rings. The van der Waals surface area contributed by atoms with Crippen molar-refractivity contribution in [3.8, 4) is 0 Å². The van der Waals surface area contributed by atoms with Gasteiger partial charge >= 0.3 is 0 Å². The molecule has 62 valence electrons. The number of halogens is 1. The van der Waals surface area contributed by atoms with Crippen LogP contribution in [0.5, 0.6) is 0 Å². The first-order valence-electron chi connectivity index (χ1n) is 3.50. The Morgan fingerprint density at radius 1 is 1.73 bits per heavy atom. The van der Waals surface area contributed by atoms with Gasteiger partial charge in [-0.25, -0.2) is 0 Å². The van der Waals surface area contributed by atoms with Crippen molar-refractivity contribution in [2.24, 2.45) is 0 Å². The summed E-state index contributed by atoms with van der Waals surface area (Å²) in [7, 11) is 0. The van der Waals surface area contributed by atoms with Crippen molar-refractivity contribution < 1.29 is 5.11 Å². The number of hydrogen-bond donors (Lipinski definition) is 1. The van der Waals surface area contributed by atoms with Crippen LogP contribution in [0, 0.1) is 6.92 Å². The summed E-state index contributed by atoms with van der Waals surface area (Å²) in [6, 6.07) is 2.08. The van der Waals surface area contributed by atoms with Gasteiger partial charge in [-0.15, -0.1) is 22.9 Å². The van der Waals surface area contributed by atoms with Crippen molar-refractivity contribution in [3.63, 3.8) is 0 Å². The van der Waals surface area contributed by atoms with E-state index in [0.29, 0.717) is 12.3 Å². The lowest BCUT2D eigenvalue weighted by molar-refractivity contribution is 0.199. The molecule has 0 aromatic carbocycles. The standard InChI is InChI=1S/C8H11ClOS/c1-6-2-7(5-11-6)3-8(10)4-9/h2,5,8,10H,3-4H2,1H3. The predicted molar refractivity (Wildman–Crippen MR) is 49.5 cm³/mol. The van der Waals surface area contributed by atoms with Crippen LogP contribution in [0.1, 0.15) is 10.4 Å². The maximum atomic E-state index is 9.19. The van der Waals surface area contributed by atoms with E-state index >= 15 is 0 Å². The Labute approximate surface area is 75.6 Å². The number of alkyl halides is 1. The second-order valence-electron chi connectivity index (χ2n) is 2.58. The molecular formula is C8H11ClOS. The summed E-state index contributed by atoms with van der Waals surface area (Å²) < 4.78 is 0. The first-order valence-corrected chi connectivity index (χ1v) is 4.92. The minimum Gasteiger partial charge on any atom is -0.392 e. The monoisotopic (exact) mass is 190 g/mol. The van der Waals surface area contributed by atoms with Crippen molar-refractivity contribution in [1.82, 2.24) is 0 Å². The van der Waals surface area contributed by atoms with E-state index in [1.54, 1.807) is 11.3 Å². The Balaban J connectivity index is 2.50.